The van der Waals surface area contributed by atoms with Crippen molar-refractivity contribution in [2.45, 2.75) is 17.9 Å². The van der Waals surface area contributed by atoms with Crippen molar-refractivity contribution in [2.75, 3.05) is 27.0 Å². The zero-order valence-corrected chi connectivity index (χ0v) is 19.6. The highest BCUT2D eigenvalue weighted by Gasteiger charge is 2.19. The molecule has 4 rings (SSSR count). The van der Waals surface area contributed by atoms with E-state index in [4.69, 9.17) is 9.47 Å². The summed E-state index contributed by atoms with van der Waals surface area (Å²) >= 11 is 0. The van der Waals surface area contributed by atoms with Crippen LogP contribution in [0, 0.1) is 0 Å². The summed E-state index contributed by atoms with van der Waals surface area (Å²) in [4.78, 5) is 22.2. The number of nitrogens with zero attached hydrogens (tertiary/aromatic N) is 2. The Morgan fingerprint density at radius 2 is 1.76 bits per heavy atom. The summed E-state index contributed by atoms with van der Waals surface area (Å²) in [5.74, 6) is 1.30. The number of nitrogens with one attached hydrogen (secondary N) is 1. The van der Waals surface area contributed by atoms with Gasteiger partial charge in [0.15, 0.2) is 9.84 Å². The van der Waals surface area contributed by atoms with Gasteiger partial charge in [-0.05, 0) is 61.5 Å². The Labute approximate surface area is 192 Å². The SMILES string of the molecule is C[C@@H]1COC(c2ccc(-c3cc(Oc4ccc(S(C)(=O)=O)cc4)cc(C(=O)N(C)C)c3)[nH]2)=N1. The van der Waals surface area contributed by atoms with Gasteiger partial charge in [0.2, 0.25) is 5.90 Å². The smallest absolute Gasteiger partial charge is 0.253 e. The molecule has 0 bridgehead atoms. The number of carbonyl (C=O) groups is 1. The Morgan fingerprint density at radius 3 is 2.36 bits per heavy atom. The molecule has 0 saturated carbocycles. The number of rotatable bonds is 6. The van der Waals surface area contributed by atoms with Crippen LogP contribution in [-0.2, 0) is 14.6 Å². The van der Waals surface area contributed by atoms with Crippen molar-refractivity contribution in [3.8, 4) is 22.8 Å². The fourth-order valence-electron chi connectivity index (χ4n) is 3.40. The largest absolute Gasteiger partial charge is 0.474 e. The van der Waals surface area contributed by atoms with Gasteiger partial charge >= 0.3 is 0 Å². The van der Waals surface area contributed by atoms with Crippen LogP contribution in [0.2, 0.25) is 0 Å². The zero-order valence-electron chi connectivity index (χ0n) is 18.8. The van der Waals surface area contributed by atoms with Crippen molar-refractivity contribution >= 4 is 21.6 Å². The van der Waals surface area contributed by atoms with Gasteiger partial charge in [0.1, 0.15) is 23.8 Å². The lowest BCUT2D eigenvalue weighted by molar-refractivity contribution is 0.0827. The first-order chi connectivity index (χ1) is 15.6. The third-order valence-corrected chi connectivity index (χ3v) is 6.20. The van der Waals surface area contributed by atoms with Gasteiger partial charge in [0.05, 0.1) is 10.9 Å². The molecule has 1 aliphatic rings. The minimum atomic E-state index is -3.30. The third-order valence-electron chi connectivity index (χ3n) is 5.07. The average molecular weight is 468 g/mol. The van der Waals surface area contributed by atoms with Crippen LogP contribution in [0.4, 0.5) is 0 Å². The van der Waals surface area contributed by atoms with Crippen molar-refractivity contribution in [1.82, 2.24) is 9.88 Å². The highest BCUT2D eigenvalue weighted by Crippen LogP contribution is 2.30. The number of amides is 1. The van der Waals surface area contributed by atoms with E-state index in [0.717, 1.165) is 23.2 Å². The molecule has 0 fully saturated rings. The second kappa shape index (κ2) is 8.74. The number of ether oxygens (including phenoxy) is 2. The van der Waals surface area contributed by atoms with Gasteiger partial charge in [0.25, 0.3) is 5.91 Å². The van der Waals surface area contributed by atoms with Gasteiger partial charge in [-0.3, -0.25) is 4.79 Å². The van der Waals surface area contributed by atoms with Gasteiger partial charge in [-0.1, -0.05) is 0 Å². The standard InChI is InChI=1S/C24H25N3O5S/c1-15-14-31-23(25-15)22-10-9-21(26-22)16-11-17(24(28)27(2)3)13-19(12-16)32-18-5-7-20(8-6-18)33(4,29)30/h5-13,15,26H,14H2,1-4H3/t15-/m1/s1. The third kappa shape index (κ3) is 5.09. The van der Waals surface area contributed by atoms with Crippen LogP contribution in [0.3, 0.4) is 0 Å². The molecule has 2 heterocycles. The van der Waals surface area contributed by atoms with Crippen molar-refractivity contribution in [3.05, 3.63) is 65.9 Å². The molecule has 0 radical (unpaired) electrons. The summed E-state index contributed by atoms with van der Waals surface area (Å²) in [6.07, 6.45) is 1.15. The molecule has 0 aliphatic carbocycles. The normalized spacial score (nSPS) is 15.6. The molecule has 3 aromatic rings. The van der Waals surface area contributed by atoms with E-state index in [2.05, 4.69) is 9.98 Å². The number of aromatic amines is 1. The topological polar surface area (TPSA) is 101 Å². The molecular weight excluding hydrogens is 442 g/mol. The van der Waals surface area contributed by atoms with E-state index in [1.807, 2.05) is 25.1 Å². The molecule has 1 N–H and O–H groups in total. The van der Waals surface area contributed by atoms with Gasteiger partial charge < -0.3 is 19.4 Å². The highest BCUT2D eigenvalue weighted by atomic mass is 32.2. The molecule has 2 aromatic carbocycles. The average Bonchev–Trinajstić information content (AvgIpc) is 3.42. The lowest BCUT2D eigenvalue weighted by atomic mass is 10.1. The van der Waals surface area contributed by atoms with E-state index < -0.39 is 9.84 Å². The first-order valence-electron chi connectivity index (χ1n) is 10.4. The van der Waals surface area contributed by atoms with Gasteiger partial charge in [-0.15, -0.1) is 0 Å². The molecule has 1 aliphatic heterocycles. The first-order valence-corrected chi connectivity index (χ1v) is 12.2. The highest BCUT2D eigenvalue weighted by molar-refractivity contribution is 7.90. The van der Waals surface area contributed by atoms with E-state index in [9.17, 15) is 13.2 Å². The molecular formula is C24H25N3O5S. The van der Waals surface area contributed by atoms with Crippen molar-refractivity contribution in [3.63, 3.8) is 0 Å². The summed E-state index contributed by atoms with van der Waals surface area (Å²) in [6, 6.07) is 15.3. The lowest BCUT2D eigenvalue weighted by Crippen LogP contribution is -2.21. The fourth-order valence-corrected chi connectivity index (χ4v) is 4.03. The summed E-state index contributed by atoms with van der Waals surface area (Å²) in [5.41, 5.74) is 2.75. The molecule has 0 spiro atoms. The van der Waals surface area contributed by atoms with Crippen LogP contribution >= 0.6 is 0 Å². The predicted molar refractivity (Wildman–Crippen MR) is 126 cm³/mol. The number of H-pyrrole nitrogens is 1. The summed E-state index contributed by atoms with van der Waals surface area (Å²) in [5, 5.41) is 0. The van der Waals surface area contributed by atoms with Crippen LogP contribution in [0.25, 0.3) is 11.3 Å². The number of hydrogen-bond donors (Lipinski definition) is 1. The maximum Gasteiger partial charge on any atom is 0.253 e. The van der Waals surface area contributed by atoms with Crippen LogP contribution in [0.1, 0.15) is 23.0 Å². The predicted octanol–water partition coefficient (Wildman–Crippen LogP) is 3.74. The molecule has 8 nitrogen and oxygen atoms in total. The van der Waals surface area contributed by atoms with Gasteiger partial charge in [-0.2, -0.15) is 0 Å². The zero-order chi connectivity index (χ0) is 23.8. The molecule has 1 atom stereocenters. The Bertz CT molecular complexity index is 1320. The number of hydrogen-bond acceptors (Lipinski definition) is 6. The van der Waals surface area contributed by atoms with Crippen LogP contribution < -0.4 is 4.74 Å². The number of benzene rings is 2. The van der Waals surface area contributed by atoms with E-state index in [-0.39, 0.29) is 16.8 Å². The summed E-state index contributed by atoms with van der Waals surface area (Å²) < 4.78 is 35.0. The van der Waals surface area contributed by atoms with Crippen LogP contribution in [0.15, 0.2) is 64.5 Å². The first kappa shape index (κ1) is 22.6. The van der Waals surface area contributed by atoms with E-state index in [0.29, 0.717) is 29.6 Å². The van der Waals surface area contributed by atoms with Crippen LogP contribution in [0.5, 0.6) is 11.5 Å². The quantitative estimate of drug-likeness (QED) is 0.595. The van der Waals surface area contributed by atoms with Crippen molar-refractivity contribution < 1.29 is 22.7 Å². The van der Waals surface area contributed by atoms with Crippen molar-refractivity contribution in [1.29, 1.82) is 0 Å². The molecule has 9 heteroatoms. The Balaban J connectivity index is 1.69. The minimum absolute atomic E-state index is 0.113. The second-order valence-corrected chi connectivity index (χ2v) is 10.2. The summed E-state index contributed by atoms with van der Waals surface area (Å²) in [7, 11) is 0.0662. The van der Waals surface area contributed by atoms with E-state index in [1.165, 1.54) is 17.0 Å². The molecule has 1 amide bonds. The molecule has 1 aromatic heterocycles. The maximum absolute atomic E-state index is 12.7. The number of carbonyl (C=O) groups excluding carboxylic acids is 1. The Hall–Kier alpha value is -3.59. The maximum atomic E-state index is 12.7. The molecule has 0 saturated heterocycles. The minimum Gasteiger partial charge on any atom is -0.474 e. The number of sulfone groups is 1. The number of aromatic nitrogens is 1. The van der Waals surface area contributed by atoms with Crippen LogP contribution in [-0.4, -0.2) is 63.1 Å². The lowest BCUT2D eigenvalue weighted by Gasteiger charge is -2.14. The fraction of sp³-hybridized carbons (Fsp3) is 0.250. The van der Waals surface area contributed by atoms with E-state index >= 15 is 0 Å². The second-order valence-electron chi connectivity index (χ2n) is 8.17. The number of aliphatic imine (C=N–C) groups is 1. The summed E-state index contributed by atoms with van der Waals surface area (Å²) in [6.45, 7) is 2.53. The molecule has 33 heavy (non-hydrogen) atoms. The van der Waals surface area contributed by atoms with E-state index in [1.54, 1.807) is 38.4 Å². The Kier molecular flexibility index (Phi) is 5.99. The molecule has 0 unspecified atom stereocenters. The monoisotopic (exact) mass is 467 g/mol. The Morgan fingerprint density at radius 1 is 1.06 bits per heavy atom. The van der Waals surface area contributed by atoms with Gasteiger partial charge in [-0.25, -0.2) is 13.4 Å². The molecule has 172 valence electrons. The van der Waals surface area contributed by atoms with Gasteiger partial charge in [0, 0.05) is 37.2 Å². The van der Waals surface area contributed by atoms with Crippen molar-refractivity contribution in [2.24, 2.45) is 4.99 Å².